The average Bonchev–Trinajstić information content (AvgIpc) is 2.38. The molecule has 0 spiro atoms. The number of anilines is 1. The van der Waals surface area contributed by atoms with Crippen LogP contribution in [-0.4, -0.2) is 18.4 Å². The summed E-state index contributed by atoms with van der Waals surface area (Å²) in [5.74, 6) is -0.0917. The van der Waals surface area contributed by atoms with Crippen LogP contribution in [0.2, 0.25) is 0 Å². The normalized spacial score (nSPS) is 11.1. The molecule has 0 bridgehead atoms. The first-order valence-electron chi connectivity index (χ1n) is 5.86. The van der Waals surface area contributed by atoms with Crippen LogP contribution >= 0.6 is 0 Å². The van der Waals surface area contributed by atoms with Crippen LogP contribution in [0.25, 0.3) is 0 Å². The van der Waals surface area contributed by atoms with E-state index in [0.717, 1.165) is 6.07 Å². The summed E-state index contributed by atoms with van der Waals surface area (Å²) in [5.41, 5.74) is 0.242. The molecule has 0 aliphatic carbocycles. The number of rotatable bonds is 4. The third kappa shape index (κ3) is 3.29. The smallest absolute Gasteiger partial charge is 0.270 e. The third-order valence-electron chi connectivity index (χ3n) is 2.77. The average molecular weight is 308 g/mol. The minimum atomic E-state index is -3.98. The van der Waals surface area contributed by atoms with E-state index in [4.69, 9.17) is 0 Å². The van der Waals surface area contributed by atoms with Gasteiger partial charge in [0.2, 0.25) is 0 Å². The standard InChI is InChI=1S/C13H12N2O5S/c1-9-5-6-11(15(17)18)8-13(9)21(19,20)14-10-3-2-4-12(16)7-10/h2-8,14,16H,1H3. The Balaban J connectivity index is 2.44. The van der Waals surface area contributed by atoms with Gasteiger partial charge in [-0.25, -0.2) is 8.42 Å². The highest BCUT2D eigenvalue weighted by Gasteiger charge is 2.20. The minimum Gasteiger partial charge on any atom is -0.508 e. The number of non-ortho nitro benzene ring substituents is 1. The molecule has 2 N–H and O–H groups in total. The number of benzene rings is 2. The number of hydrogen-bond donors (Lipinski definition) is 2. The highest BCUT2D eigenvalue weighted by molar-refractivity contribution is 7.92. The highest BCUT2D eigenvalue weighted by atomic mass is 32.2. The summed E-state index contributed by atoms with van der Waals surface area (Å²) < 4.78 is 26.9. The molecule has 2 aromatic carbocycles. The first kappa shape index (κ1) is 14.8. The first-order valence-corrected chi connectivity index (χ1v) is 7.35. The number of nitro groups is 1. The summed E-state index contributed by atoms with van der Waals surface area (Å²) in [7, 11) is -3.98. The Labute approximate surface area is 121 Å². The number of aryl methyl sites for hydroxylation is 1. The summed E-state index contributed by atoms with van der Waals surface area (Å²) >= 11 is 0. The van der Waals surface area contributed by atoms with Crippen LogP contribution in [0.3, 0.4) is 0 Å². The second-order valence-corrected chi connectivity index (χ2v) is 6.01. The largest absolute Gasteiger partial charge is 0.508 e. The topological polar surface area (TPSA) is 110 Å². The predicted molar refractivity (Wildman–Crippen MR) is 76.7 cm³/mol. The predicted octanol–water partition coefficient (Wildman–Crippen LogP) is 2.41. The zero-order valence-electron chi connectivity index (χ0n) is 11.0. The van der Waals surface area contributed by atoms with Gasteiger partial charge in [0, 0.05) is 18.2 Å². The lowest BCUT2D eigenvalue weighted by atomic mass is 10.2. The molecule has 0 amide bonds. The molecular weight excluding hydrogens is 296 g/mol. The Kier molecular flexibility index (Phi) is 3.81. The molecule has 0 radical (unpaired) electrons. The maximum Gasteiger partial charge on any atom is 0.270 e. The molecule has 2 aromatic rings. The molecule has 2 rings (SSSR count). The van der Waals surface area contributed by atoms with Crippen LogP contribution in [0, 0.1) is 17.0 Å². The van der Waals surface area contributed by atoms with E-state index in [1.54, 1.807) is 6.92 Å². The molecule has 0 heterocycles. The van der Waals surface area contributed by atoms with Gasteiger partial charge >= 0.3 is 0 Å². The summed E-state index contributed by atoms with van der Waals surface area (Å²) in [6.45, 7) is 1.54. The lowest BCUT2D eigenvalue weighted by Crippen LogP contribution is -2.14. The van der Waals surface area contributed by atoms with Gasteiger partial charge < -0.3 is 5.11 Å². The van der Waals surface area contributed by atoms with E-state index >= 15 is 0 Å². The number of sulfonamides is 1. The van der Waals surface area contributed by atoms with E-state index in [0.29, 0.717) is 5.56 Å². The maximum atomic E-state index is 12.3. The molecule has 0 saturated heterocycles. The van der Waals surface area contributed by atoms with Crippen molar-refractivity contribution < 1.29 is 18.4 Å². The fourth-order valence-electron chi connectivity index (χ4n) is 1.77. The first-order chi connectivity index (χ1) is 9.79. The van der Waals surface area contributed by atoms with Gasteiger partial charge in [-0.2, -0.15) is 0 Å². The van der Waals surface area contributed by atoms with Gasteiger partial charge in [-0.15, -0.1) is 0 Å². The zero-order chi connectivity index (χ0) is 15.6. The van der Waals surface area contributed by atoms with Gasteiger partial charge in [0.05, 0.1) is 15.5 Å². The Morgan fingerprint density at radius 2 is 1.90 bits per heavy atom. The molecular formula is C13H12N2O5S. The summed E-state index contributed by atoms with van der Waals surface area (Å²) in [4.78, 5) is 9.91. The van der Waals surface area contributed by atoms with Crippen molar-refractivity contribution in [2.75, 3.05) is 4.72 Å². The molecule has 0 atom stereocenters. The number of phenolic OH excluding ortho intramolecular Hbond substituents is 1. The summed E-state index contributed by atoms with van der Waals surface area (Å²) in [6, 6.07) is 9.19. The third-order valence-corrected chi connectivity index (χ3v) is 4.29. The van der Waals surface area contributed by atoms with Crippen LogP contribution in [0.1, 0.15) is 5.56 Å². The van der Waals surface area contributed by atoms with Gasteiger partial charge in [-0.1, -0.05) is 12.1 Å². The van der Waals surface area contributed by atoms with E-state index in [9.17, 15) is 23.6 Å². The molecule has 7 nitrogen and oxygen atoms in total. The number of aromatic hydroxyl groups is 1. The number of hydrogen-bond acceptors (Lipinski definition) is 5. The number of nitrogens with one attached hydrogen (secondary N) is 1. The highest BCUT2D eigenvalue weighted by Crippen LogP contribution is 2.25. The monoisotopic (exact) mass is 308 g/mol. The van der Waals surface area contributed by atoms with Gasteiger partial charge in [0.25, 0.3) is 15.7 Å². The van der Waals surface area contributed by atoms with E-state index < -0.39 is 14.9 Å². The van der Waals surface area contributed by atoms with Crippen molar-refractivity contribution in [3.05, 3.63) is 58.1 Å². The molecule has 0 fully saturated rings. The molecule has 8 heteroatoms. The second kappa shape index (κ2) is 5.41. The Morgan fingerprint density at radius 3 is 2.52 bits per heavy atom. The molecule has 0 aromatic heterocycles. The molecule has 0 saturated carbocycles. The lowest BCUT2D eigenvalue weighted by molar-refractivity contribution is -0.385. The van der Waals surface area contributed by atoms with Crippen molar-refractivity contribution in [3.63, 3.8) is 0 Å². The van der Waals surface area contributed by atoms with E-state index in [1.807, 2.05) is 0 Å². The zero-order valence-corrected chi connectivity index (χ0v) is 11.8. The fourth-order valence-corrected chi connectivity index (χ4v) is 3.09. The summed E-state index contributed by atoms with van der Waals surface area (Å²) in [6.07, 6.45) is 0. The van der Waals surface area contributed by atoms with Crippen LogP contribution in [0.15, 0.2) is 47.4 Å². The minimum absolute atomic E-state index is 0.0917. The number of nitrogens with zero attached hydrogens (tertiary/aromatic N) is 1. The second-order valence-electron chi connectivity index (χ2n) is 4.36. The van der Waals surface area contributed by atoms with Gasteiger partial charge in [-0.05, 0) is 24.6 Å². The van der Waals surface area contributed by atoms with Gasteiger partial charge in [0.1, 0.15) is 5.75 Å². The van der Waals surface area contributed by atoms with Crippen molar-refractivity contribution in [2.24, 2.45) is 0 Å². The van der Waals surface area contributed by atoms with Crippen molar-refractivity contribution in [1.29, 1.82) is 0 Å². The maximum absolute atomic E-state index is 12.3. The molecule has 0 aliphatic heterocycles. The van der Waals surface area contributed by atoms with Crippen LogP contribution in [0.5, 0.6) is 5.75 Å². The fraction of sp³-hybridized carbons (Fsp3) is 0.0769. The summed E-state index contributed by atoms with van der Waals surface area (Å²) in [5, 5.41) is 20.1. The molecule has 21 heavy (non-hydrogen) atoms. The molecule has 0 aliphatic rings. The Bertz CT molecular complexity index is 802. The van der Waals surface area contributed by atoms with Gasteiger partial charge in [0.15, 0.2) is 0 Å². The van der Waals surface area contributed by atoms with Crippen LogP contribution < -0.4 is 4.72 Å². The lowest BCUT2D eigenvalue weighted by Gasteiger charge is -2.10. The van der Waals surface area contributed by atoms with Crippen molar-refractivity contribution >= 4 is 21.4 Å². The van der Waals surface area contributed by atoms with Crippen LogP contribution in [-0.2, 0) is 10.0 Å². The Hall–Kier alpha value is -2.61. The quantitative estimate of drug-likeness (QED) is 0.665. The molecule has 0 unspecified atom stereocenters. The van der Waals surface area contributed by atoms with Gasteiger partial charge in [-0.3, -0.25) is 14.8 Å². The number of nitro benzene ring substituents is 1. The SMILES string of the molecule is Cc1ccc([N+](=O)[O-])cc1S(=O)(=O)Nc1cccc(O)c1. The van der Waals surface area contributed by atoms with E-state index in [-0.39, 0.29) is 22.0 Å². The van der Waals surface area contributed by atoms with Crippen molar-refractivity contribution in [2.45, 2.75) is 11.8 Å². The number of phenols is 1. The van der Waals surface area contributed by atoms with E-state index in [1.165, 1.54) is 36.4 Å². The van der Waals surface area contributed by atoms with E-state index in [2.05, 4.69) is 4.72 Å². The van der Waals surface area contributed by atoms with Crippen molar-refractivity contribution in [3.8, 4) is 5.75 Å². The Morgan fingerprint density at radius 1 is 1.19 bits per heavy atom. The van der Waals surface area contributed by atoms with Crippen LogP contribution in [0.4, 0.5) is 11.4 Å². The van der Waals surface area contributed by atoms with Crippen molar-refractivity contribution in [1.82, 2.24) is 0 Å². The molecule has 110 valence electrons.